The van der Waals surface area contributed by atoms with Gasteiger partial charge >= 0.3 is 0 Å². The molecule has 0 saturated heterocycles. The number of hydrogen-bond donors (Lipinski definition) is 0. The lowest BCUT2D eigenvalue weighted by Gasteiger charge is -2.49. The topological polar surface area (TPSA) is 0 Å². The predicted molar refractivity (Wildman–Crippen MR) is 108 cm³/mol. The molecule has 142 valence electrons. The lowest BCUT2D eigenvalue weighted by molar-refractivity contribution is 0.0417. The smallest absolute Gasteiger partial charge is 0.0172 e. The number of hydrogen-bond acceptors (Lipinski definition) is 0. The summed E-state index contributed by atoms with van der Waals surface area (Å²) in [7, 11) is 0. The van der Waals surface area contributed by atoms with Crippen LogP contribution in [-0.2, 0) is 0 Å². The Hall–Kier alpha value is -0.260. The molecule has 3 saturated carbocycles. The van der Waals surface area contributed by atoms with Gasteiger partial charge in [0, 0.05) is 0 Å². The second kappa shape index (κ2) is 7.77. The van der Waals surface area contributed by atoms with Gasteiger partial charge in [-0.3, -0.25) is 0 Å². The van der Waals surface area contributed by atoms with Crippen molar-refractivity contribution in [2.75, 3.05) is 0 Å². The van der Waals surface area contributed by atoms with Crippen LogP contribution in [0.4, 0.5) is 0 Å². The Bertz CT molecular complexity index is 472. The predicted octanol–water partition coefficient (Wildman–Crippen LogP) is 7.64. The van der Waals surface area contributed by atoms with Gasteiger partial charge in [0.15, 0.2) is 0 Å². The standard InChI is InChI=1S/C25H42/c1-17(2)7-6-8-18(3)20-13-14-25-22(20)15-16-23-21-10-5-4-9-19(21)11-12-24(23)25/h11,17-18,20-25H,4-10,12-16H2,1-3H3/t18-,20-,21?,22?,23-,24?,25-/m1/s1. The SMILES string of the molecule is CC(C)CCC[C@@H](C)[C@H]1CC[C@H]2C3CC=C4CCCCC4[C@H]3CCC21. The first-order valence-corrected chi connectivity index (χ1v) is 11.8. The molecule has 0 heteroatoms. The zero-order chi connectivity index (χ0) is 17.4. The maximum Gasteiger partial charge on any atom is -0.0172 e. The van der Waals surface area contributed by atoms with Crippen molar-refractivity contribution in [2.45, 2.75) is 97.8 Å². The fourth-order valence-electron chi connectivity index (χ4n) is 7.72. The molecule has 0 bridgehead atoms. The van der Waals surface area contributed by atoms with Gasteiger partial charge in [-0.2, -0.15) is 0 Å². The summed E-state index contributed by atoms with van der Waals surface area (Å²) < 4.78 is 0. The molecule has 0 radical (unpaired) electrons. The van der Waals surface area contributed by atoms with Crippen molar-refractivity contribution in [1.82, 2.24) is 0 Å². The zero-order valence-electron chi connectivity index (χ0n) is 17.2. The van der Waals surface area contributed by atoms with Crippen molar-refractivity contribution >= 4 is 0 Å². The summed E-state index contributed by atoms with van der Waals surface area (Å²) in [5.74, 6) is 8.28. The fraction of sp³-hybridized carbons (Fsp3) is 0.920. The van der Waals surface area contributed by atoms with Gasteiger partial charge in [0.05, 0.1) is 0 Å². The van der Waals surface area contributed by atoms with Crippen molar-refractivity contribution in [2.24, 2.45) is 47.3 Å². The van der Waals surface area contributed by atoms with Crippen molar-refractivity contribution in [3.05, 3.63) is 11.6 Å². The Kier molecular flexibility index (Phi) is 5.63. The number of fused-ring (bicyclic) bond motifs is 5. The van der Waals surface area contributed by atoms with Crippen LogP contribution in [0.25, 0.3) is 0 Å². The second-order valence-electron chi connectivity index (χ2n) is 10.6. The third kappa shape index (κ3) is 3.61. The summed E-state index contributed by atoms with van der Waals surface area (Å²) in [5.41, 5.74) is 1.89. The van der Waals surface area contributed by atoms with E-state index < -0.39 is 0 Å². The van der Waals surface area contributed by atoms with Crippen molar-refractivity contribution in [1.29, 1.82) is 0 Å². The minimum Gasteiger partial charge on any atom is -0.0847 e. The van der Waals surface area contributed by atoms with E-state index in [0.717, 1.165) is 47.3 Å². The molecule has 3 fully saturated rings. The Labute approximate surface area is 157 Å². The van der Waals surface area contributed by atoms with Crippen LogP contribution in [0.3, 0.4) is 0 Å². The molecule has 3 unspecified atom stereocenters. The summed E-state index contributed by atoms with van der Waals surface area (Å²) >= 11 is 0. The molecule has 0 aromatic rings. The molecule has 0 N–H and O–H groups in total. The summed E-state index contributed by atoms with van der Waals surface area (Å²) in [6, 6.07) is 0. The summed E-state index contributed by atoms with van der Waals surface area (Å²) in [6.07, 6.45) is 20.8. The molecule has 0 amide bonds. The molecule has 0 spiro atoms. The highest BCUT2D eigenvalue weighted by atomic mass is 14.5. The van der Waals surface area contributed by atoms with Crippen molar-refractivity contribution in [3.8, 4) is 0 Å². The summed E-state index contributed by atoms with van der Waals surface area (Å²) in [4.78, 5) is 0. The molecule has 0 aromatic carbocycles. The third-order valence-electron chi connectivity index (χ3n) is 8.91. The van der Waals surface area contributed by atoms with Crippen LogP contribution in [0.15, 0.2) is 11.6 Å². The Morgan fingerprint density at radius 1 is 0.840 bits per heavy atom. The highest BCUT2D eigenvalue weighted by molar-refractivity contribution is 5.17. The van der Waals surface area contributed by atoms with Crippen LogP contribution in [0, 0.1) is 47.3 Å². The van der Waals surface area contributed by atoms with E-state index in [9.17, 15) is 0 Å². The van der Waals surface area contributed by atoms with E-state index in [2.05, 4.69) is 26.8 Å². The first-order valence-electron chi connectivity index (χ1n) is 11.8. The molecule has 25 heavy (non-hydrogen) atoms. The van der Waals surface area contributed by atoms with Crippen LogP contribution in [-0.4, -0.2) is 0 Å². The second-order valence-corrected chi connectivity index (χ2v) is 10.6. The molecule has 4 aliphatic rings. The van der Waals surface area contributed by atoms with E-state index in [1.807, 2.05) is 5.57 Å². The van der Waals surface area contributed by atoms with E-state index in [-0.39, 0.29) is 0 Å². The van der Waals surface area contributed by atoms with Crippen LogP contribution < -0.4 is 0 Å². The maximum atomic E-state index is 2.73. The minimum absolute atomic E-state index is 0.887. The first-order chi connectivity index (χ1) is 12.1. The van der Waals surface area contributed by atoms with Gasteiger partial charge in [-0.25, -0.2) is 0 Å². The first kappa shape index (κ1) is 18.1. The van der Waals surface area contributed by atoms with E-state index in [4.69, 9.17) is 0 Å². The Balaban J connectivity index is 1.39. The largest absolute Gasteiger partial charge is 0.0847 e. The third-order valence-corrected chi connectivity index (χ3v) is 8.91. The molecule has 0 aromatic heterocycles. The van der Waals surface area contributed by atoms with Gasteiger partial charge in [-0.15, -0.1) is 0 Å². The Morgan fingerprint density at radius 2 is 1.64 bits per heavy atom. The summed E-state index contributed by atoms with van der Waals surface area (Å²) in [6.45, 7) is 7.36. The molecular formula is C25H42. The van der Waals surface area contributed by atoms with E-state index >= 15 is 0 Å². The Morgan fingerprint density at radius 3 is 2.48 bits per heavy atom. The normalized spacial score (nSPS) is 41.7. The van der Waals surface area contributed by atoms with Crippen LogP contribution in [0.5, 0.6) is 0 Å². The average molecular weight is 343 g/mol. The zero-order valence-corrected chi connectivity index (χ0v) is 17.2. The van der Waals surface area contributed by atoms with Crippen LogP contribution >= 0.6 is 0 Å². The molecule has 7 atom stereocenters. The minimum atomic E-state index is 0.887. The van der Waals surface area contributed by atoms with Gasteiger partial charge in [0.1, 0.15) is 0 Å². The van der Waals surface area contributed by atoms with E-state index in [0.29, 0.717) is 0 Å². The molecular weight excluding hydrogens is 300 g/mol. The number of rotatable bonds is 5. The van der Waals surface area contributed by atoms with Gasteiger partial charge < -0.3 is 0 Å². The van der Waals surface area contributed by atoms with Crippen LogP contribution in [0.2, 0.25) is 0 Å². The molecule has 4 rings (SSSR count). The lowest BCUT2D eigenvalue weighted by Crippen LogP contribution is -2.41. The maximum absolute atomic E-state index is 2.73. The molecule has 0 heterocycles. The van der Waals surface area contributed by atoms with Crippen molar-refractivity contribution in [3.63, 3.8) is 0 Å². The fourth-order valence-corrected chi connectivity index (χ4v) is 7.72. The quantitative estimate of drug-likeness (QED) is 0.450. The van der Waals surface area contributed by atoms with Gasteiger partial charge in [0.2, 0.25) is 0 Å². The van der Waals surface area contributed by atoms with Gasteiger partial charge in [0.25, 0.3) is 0 Å². The molecule has 4 aliphatic carbocycles. The molecule has 0 nitrogen and oxygen atoms in total. The number of allylic oxidation sites excluding steroid dienone is 2. The highest BCUT2D eigenvalue weighted by Gasteiger charge is 2.50. The van der Waals surface area contributed by atoms with Gasteiger partial charge in [-0.05, 0) is 98.7 Å². The average Bonchev–Trinajstić information content (AvgIpc) is 3.05. The van der Waals surface area contributed by atoms with Gasteiger partial charge in [-0.1, -0.05) is 58.1 Å². The highest BCUT2D eigenvalue weighted by Crippen LogP contribution is 2.59. The molecule has 0 aliphatic heterocycles. The monoisotopic (exact) mass is 342 g/mol. The van der Waals surface area contributed by atoms with Crippen molar-refractivity contribution < 1.29 is 0 Å². The lowest BCUT2D eigenvalue weighted by atomic mass is 9.56. The van der Waals surface area contributed by atoms with Crippen LogP contribution in [0.1, 0.15) is 97.8 Å². The van der Waals surface area contributed by atoms with E-state index in [1.165, 1.54) is 51.4 Å². The van der Waals surface area contributed by atoms with E-state index in [1.54, 1.807) is 25.7 Å². The summed E-state index contributed by atoms with van der Waals surface area (Å²) in [5, 5.41) is 0.